The number of ether oxygens (including phenoxy) is 1. The second kappa shape index (κ2) is 4.65. The van der Waals surface area contributed by atoms with Crippen molar-refractivity contribution in [1.82, 2.24) is 9.55 Å². The maximum atomic E-state index is 10.7. The fraction of sp³-hybridized carbons (Fsp3) is 0.636. The number of aliphatic carboxylic acids is 1. The van der Waals surface area contributed by atoms with E-state index in [0.717, 1.165) is 30.8 Å². The normalized spacial score (nSPS) is 20.2. The topological polar surface area (TPSA) is 64.4 Å². The van der Waals surface area contributed by atoms with Crippen LogP contribution < -0.4 is 0 Å². The third-order valence-corrected chi connectivity index (χ3v) is 2.90. The fourth-order valence-corrected chi connectivity index (χ4v) is 2.05. The summed E-state index contributed by atoms with van der Waals surface area (Å²) in [7, 11) is 0. The Bertz CT molecular complexity index is 381. The molecule has 1 N–H and O–H groups in total. The number of aromatic nitrogens is 2. The molecule has 1 saturated heterocycles. The van der Waals surface area contributed by atoms with Crippen molar-refractivity contribution in [1.29, 1.82) is 0 Å². The first kappa shape index (κ1) is 11.1. The zero-order valence-electron chi connectivity index (χ0n) is 9.35. The summed E-state index contributed by atoms with van der Waals surface area (Å²) in [5.41, 5.74) is 1.57. The molecule has 1 aromatic rings. The number of carbonyl (C=O) groups is 1. The minimum absolute atomic E-state index is 0.0263. The molecule has 5 heteroatoms. The number of carboxylic acids is 1. The van der Waals surface area contributed by atoms with E-state index < -0.39 is 5.97 Å². The Morgan fingerprint density at radius 1 is 1.75 bits per heavy atom. The largest absolute Gasteiger partial charge is 0.481 e. The molecule has 0 amide bonds. The average molecular weight is 224 g/mol. The van der Waals surface area contributed by atoms with Gasteiger partial charge in [-0.2, -0.15) is 0 Å². The number of hydrogen-bond acceptors (Lipinski definition) is 3. The maximum Gasteiger partial charge on any atom is 0.309 e. The Morgan fingerprint density at radius 2 is 2.56 bits per heavy atom. The summed E-state index contributed by atoms with van der Waals surface area (Å²) in [6.07, 6.45) is 4.07. The molecule has 1 aliphatic heterocycles. The van der Waals surface area contributed by atoms with Crippen LogP contribution in [0.1, 0.15) is 24.2 Å². The van der Waals surface area contributed by atoms with Crippen LogP contribution in [0.4, 0.5) is 0 Å². The van der Waals surface area contributed by atoms with Crippen molar-refractivity contribution >= 4 is 5.97 Å². The summed E-state index contributed by atoms with van der Waals surface area (Å²) in [5, 5.41) is 8.82. The van der Waals surface area contributed by atoms with Gasteiger partial charge in [-0.1, -0.05) is 0 Å². The van der Waals surface area contributed by atoms with Crippen LogP contribution in [0.25, 0.3) is 0 Å². The van der Waals surface area contributed by atoms with Gasteiger partial charge in [0.15, 0.2) is 0 Å². The number of hydrogen-bond donors (Lipinski definition) is 1. The third-order valence-electron chi connectivity index (χ3n) is 2.90. The van der Waals surface area contributed by atoms with Crippen molar-refractivity contribution in [2.45, 2.75) is 38.8 Å². The summed E-state index contributed by atoms with van der Waals surface area (Å²) in [4.78, 5) is 14.9. The van der Waals surface area contributed by atoms with Crippen molar-refractivity contribution in [3.63, 3.8) is 0 Å². The van der Waals surface area contributed by atoms with Crippen LogP contribution in [0.2, 0.25) is 0 Å². The quantitative estimate of drug-likeness (QED) is 0.828. The molecule has 1 unspecified atom stereocenters. The SMILES string of the molecule is Cc1ncn(CC2CCCO2)c1CC(=O)O. The molecule has 1 aromatic heterocycles. The molecule has 0 saturated carbocycles. The van der Waals surface area contributed by atoms with Gasteiger partial charge in [0, 0.05) is 6.61 Å². The van der Waals surface area contributed by atoms with Gasteiger partial charge in [-0.3, -0.25) is 4.79 Å². The highest BCUT2D eigenvalue weighted by molar-refractivity contribution is 5.69. The third kappa shape index (κ3) is 2.41. The van der Waals surface area contributed by atoms with Gasteiger partial charge in [0.05, 0.1) is 36.8 Å². The van der Waals surface area contributed by atoms with Gasteiger partial charge in [-0.25, -0.2) is 4.98 Å². The van der Waals surface area contributed by atoms with Crippen LogP contribution in [0.5, 0.6) is 0 Å². The Kier molecular flexibility index (Phi) is 3.24. The highest BCUT2D eigenvalue weighted by Gasteiger charge is 2.19. The van der Waals surface area contributed by atoms with Crippen molar-refractivity contribution < 1.29 is 14.6 Å². The molecule has 0 radical (unpaired) electrons. The molecule has 2 rings (SSSR count). The van der Waals surface area contributed by atoms with E-state index in [-0.39, 0.29) is 12.5 Å². The summed E-state index contributed by atoms with van der Waals surface area (Å²) in [6.45, 7) is 3.36. The predicted octanol–water partition coefficient (Wildman–Crippen LogP) is 0.998. The maximum absolute atomic E-state index is 10.7. The van der Waals surface area contributed by atoms with E-state index in [0.29, 0.717) is 6.54 Å². The standard InChI is InChI=1S/C11H16N2O3/c1-8-10(5-11(14)15)13(7-12-8)6-9-3-2-4-16-9/h7,9H,2-6H2,1H3,(H,14,15). The van der Waals surface area contributed by atoms with E-state index >= 15 is 0 Å². The molecule has 0 aliphatic carbocycles. The van der Waals surface area contributed by atoms with E-state index in [1.54, 1.807) is 6.33 Å². The van der Waals surface area contributed by atoms with E-state index in [2.05, 4.69) is 4.98 Å². The van der Waals surface area contributed by atoms with E-state index in [1.807, 2.05) is 11.5 Å². The molecule has 1 atom stereocenters. The van der Waals surface area contributed by atoms with Gasteiger partial charge in [-0.05, 0) is 19.8 Å². The summed E-state index contributed by atoms with van der Waals surface area (Å²) in [6, 6.07) is 0. The monoisotopic (exact) mass is 224 g/mol. The van der Waals surface area contributed by atoms with Crippen LogP contribution in [0, 0.1) is 6.92 Å². The fourth-order valence-electron chi connectivity index (χ4n) is 2.05. The second-order valence-corrected chi connectivity index (χ2v) is 4.13. The predicted molar refractivity (Wildman–Crippen MR) is 57.3 cm³/mol. The number of aryl methyl sites for hydroxylation is 1. The smallest absolute Gasteiger partial charge is 0.309 e. The van der Waals surface area contributed by atoms with Crippen molar-refractivity contribution in [2.24, 2.45) is 0 Å². The lowest BCUT2D eigenvalue weighted by molar-refractivity contribution is -0.136. The lowest BCUT2D eigenvalue weighted by atomic mass is 10.2. The van der Waals surface area contributed by atoms with Gasteiger partial charge < -0.3 is 14.4 Å². The van der Waals surface area contributed by atoms with Crippen LogP contribution in [0.3, 0.4) is 0 Å². The van der Waals surface area contributed by atoms with Gasteiger partial charge in [0.25, 0.3) is 0 Å². The molecule has 88 valence electrons. The number of carboxylic acid groups (broad SMARTS) is 1. The molecule has 5 nitrogen and oxygen atoms in total. The minimum Gasteiger partial charge on any atom is -0.481 e. The highest BCUT2D eigenvalue weighted by atomic mass is 16.5. The van der Waals surface area contributed by atoms with Crippen LogP contribution in [0.15, 0.2) is 6.33 Å². The Balaban J connectivity index is 2.10. The van der Waals surface area contributed by atoms with Gasteiger partial charge in [-0.15, -0.1) is 0 Å². The zero-order valence-corrected chi connectivity index (χ0v) is 9.35. The minimum atomic E-state index is -0.822. The zero-order chi connectivity index (χ0) is 11.5. The Hall–Kier alpha value is -1.36. The van der Waals surface area contributed by atoms with Gasteiger partial charge in [0.2, 0.25) is 0 Å². The molecule has 16 heavy (non-hydrogen) atoms. The van der Waals surface area contributed by atoms with Crippen molar-refractivity contribution in [3.8, 4) is 0 Å². The van der Waals surface area contributed by atoms with E-state index in [4.69, 9.17) is 9.84 Å². The molecular formula is C11H16N2O3. The van der Waals surface area contributed by atoms with Crippen LogP contribution in [-0.4, -0.2) is 33.3 Å². The first-order chi connectivity index (χ1) is 7.66. The van der Waals surface area contributed by atoms with E-state index in [1.165, 1.54) is 0 Å². The lowest BCUT2D eigenvalue weighted by Gasteiger charge is -2.12. The molecule has 0 spiro atoms. The van der Waals surface area contributed by atoms with Gasteiger partial charge in [0.1, 0.15) is 0 Å². The number of imidazole rings is 1. The molecule has 1 fully saturated rings. The van der Waals surface area contributed by atoms with Crippen molar-refractivity contribution in [3.05, 3.63) is 17.7 Å². The molecule has 1 aliphatic rings. The number of rotatable bonds is 4. The van der Waals surface area contributed by atoms with E-state index in [9.17, 15) is 4.79 Å². The van der Waals surface area contributed by atoms with Crippen LogP contribution >= 0.6 is 0 Å². The molecule has 0 bridgehead atoms. The Labute approximate surface area is 94.1 Å². The second-order valence-electron chi connectivity index (χ2n) is 4.13. The Morgan fingerprint density at radius 3 is 3.19 bits per heavy atom. The first-order valence-electron chi connectivity index (χ1n) is 5.51. The number of nitrogens with zero attached hydrogens (tertiary/aromatic N) is 2. The van der Waals surface area contributed by atoms with Crippen LogP contribution in [-0.2, 0) is 22.5 Å². The average Bonchev–Trinajstić information content (AvgIpc) is 2.82. The molecular weight excluding hydrogens is 208 g/mol. The summed E-state index contributed by atoms with van der Waals surface area (Å²) < 4.78 is 7.43. The highest BCUT2D eigenvalue weighted by Crippen LogP contribution is 2.16. The molecule has 0 aromatic carbocycles. The lowest BCUT2D eigenvalue weighted by Crippen LogP contribution is -2.17. The molecule has 2 heterocycles. The first-order valence-corrected chi connectivity index (χ1v) is 5.51. The van der Waals surface area contributed by atoms with Crippen molar-refractivity contribution in [2.75, 3.05) is 6.61 Å². The van der Waals surface area contributed by atoms with Gasteiger partial charge >= 0.3 is 5.97 Å². The summed E-state index contributed by atoms with van der Waals surface area (Å²) >= 11 is 0. The summed E-state index contributed by atoms with van der Waals surface area (Å²) in [5.74, 6) is -0.822.